The molecule has 0 aromatic heterocycles. The summed E-state index contributed by atoms with van der Waals surface area (Å²) in [5.41, 5.74) is 3.65. The monoisotopic (exact) mass is 366 g/mol. The first-order valence-corrected chi connectivity index (χ1v) is 10.0. The second-order valence-corrected chi connectivity index (χ2v) is 8.00. The van der Waals surface area contributed by atoms with Crippen LogP contribution >= 0.6 is 0 Å². The Balaban J connectivity index is 2.19. The van der Waals surface area contributed by atoms with Crippen molar-refractivity contribution in [1.29, 1.82) is 0 Å². The van der Waals surface area contributed by atoms with Gasteiger partial charge < -0.3 is 4.74 Å². The van der Waals surface area contributed by atoms with Crippen LogP contribution in [0.15, 0.2) is 52.5 Å². The third kappa shape index (κ3) is 9.58. The fourth-order valence-corrected chi connectivity index (χ4v) is 3.02. The third-order valence-electron chi connectivity index (χ3n) is 3.62. The van der Waals surface area contributed by atoms with E-state index in [1.54, 1.807) is 24.3 Å². The van der Waals surface area contributed by atoms with Crippen LogP contribution in [-0.2, 0) is 19.0 Å². The summed E-state index contributed by atoms with van der Waals surface area (Å²) in [6.07, 6.45) is 6.92. The number of benzene rings is 1. The molecule has 0 aliphatic carbocycles. The Labute approximate surface area is 152 Å². The summed E-state index contributed by atoms with van der Waals surface area (Å²) in [6.45, 7) is 9.35. The van der Waals surface area contributed by atoms with Crippen LogP contribution in [0.25, 0.3) is 0 Å². The van der Waals surface area contributed by atoms with E-state index in [1.807, 2.05) is 6.92 Å². The standard InChI is InChI=1S/C20H30O4S/c1-17(2)7-5-8-18(3)13-16-23-14-6-15-24-25(21,22)20-11-9-19(4)10-12-20/h7,9-13H,5-6,8,14-16H2,1-4H3/b18-13+. The predicted octanol–water partition coefficient (Wildman–Crippen LogP) is 4.80. The second kappa shape index (κ2) is 11.2. The van der Waals surface area contributed by atoms with E-state index in [9.17, 15) is 8.42 Å². The number of rotatable bonds is 11. The Morgan fingerprint density at radius 2 is 1.72 bits per heavy atom. The van der Waals surface area contributed by atoms with Crippen LogP contribution in [0.1, 0.15) is 45.6 Å². The summed E-state index contributed by atoms with van der Waals surface area (Å²) in [5, 5.41) is 0. The van der Waals surface area contributed by atoms with E-state index in [1.165, 1.54) is 11.1 Å². The van der Waals surface area contributed by atoms with Gasteiger partial charge >= 0.3 is 0 Å². The number of allylic oxidation sites excluding steroid dienone is 3. The van der Waals surface area contributed by atoms with E-state index in [0.29, 0.717) is 19.6 Å². The van der Waals surface area contributed by atoms with Crippen LogP contribution in [0.2, 0.25) is 0 Å². The maximum atomic E-state index is 12.0. The molecule has 0 aliphatic heterocycles. The van der Waals surface area contributed by atoms with Crippen molar-refractivity contribution in [1.82, 2.24) is 0 Å². The summed E-state index contributed by atoms with van der Waals surface area (Å²) >= 11 is 0. The van der Waals surface area contributed by atoms with Gasteiger partial charge in [-0.05, 0) is 59.1 Å². The lowest BCUT2D eigenvalue weighted by atomic mass is 10.1. The molecule has 140 valence electrons. The summed E-state index contributed by atoms with van der Waals surface area (Å²) in [4.78, 5) is 0.189. The second-order valence-electron chi connectivity index (χ2n) is 6.39. The van der Waals surface area contributed by atoms with Gasteiger partial charge in [0, 0.05) is 6.61 Å². The zero-order valence-electron chi connectivity index (χ0n) is 15.7. The van der Waals surface area contributed by atoms with Crippen molar-refractivity contribution >= 4 is 10.1 Å². The Bertz CT molecular complexity index is 666. The van der Waals surface area contributed by atoms with E-state index in [0.717, 1.165) is 18.4 Å². The Morgan fingerprint density at radius 3 is 2.36 bits per heavy atom. The SMILES string of the molecule is CC(C)=CCC/C(C)=C/COCCCOS(=O)(=O)c1ccc(C)cc1. The number of aryl methyl sites for hydroxylation is 1. The summed E-state index contributed by atoms with van der Waals surface area (Å²) in [7, 11) is -3.67. The molecule has 0 heterocycles. The average Bonchev–Trinajstić information content (AvgIpc) is 2.54. The van der Waals surface area contributed by atoms with Gasteiger partial charge in [0.2, 0.25) is 0 Å². The van der Waals surface area contributed by atoms with Crippen LogP contribution in [0.3, 0.4) is 0 Å². The van der Waals surface area contributed by atoms with E-state index in [-0.39, 0.29) is 11.5 Å². The van der Waals surface area contributed by atoms with Gasteiger partial charge in [0.15, 0.2) is 0 Å². The molecule has 1 rings (SSSR count). The highest BCUT2D eigenvalue weighted by atomic mass is 32.2. The first-order valence-electron chi connectivity index (χ1n) is 8.64. The summed E-state index contributed by atoms with van der Waals surface area (Å²) in [5.74, 6) is 0. The lowest BCUT2D eigenvalue weighted by Crippen LogP contribution is -2.09. The molecule has 0 saturated carbocycles. The van der Waals surface area contributed by atoms with Crippen LogP contribution < -0.4 is 0 Å². The minimum Gasteiger partial charge on any atom is -0.377 e. The molecule has 1 aromatic rings. The normalized spacial score (nSPS) is 12.2. The summed E-state index contributed by atoms with van der Waals surface area (Å²) < 4.78 is 34.5. The van der Waals surface area contributed by atoms with E-state index >= 15 is 0 Å². The van der Waals surface area contributed by atoms with Gasteiger partial charge in [-0.25, -0.2) is 0 Å². The van der Waals surface area contributed by atoms with Crippen molar-refractivity contribution in [3.8, 4) is 0 Å². The first-order chi connectivity index (χ1) is 11.8. The highest BCUT2D eigenvalue weighted by molar-refractivity contribution is 7.86. The third-order valence-corrected chi connectivity index (χ3v) is 4.95. The van der Waals surface area contributed by atoms with Crippen LogP contribution in [0.5, 0.6) is 0 Å². The molecule has 1 aromatic carbocycles. The van der Waals surface area contributed by atoms with Gasteiger partial charge in [0.05, 0.1) is 18.1 Å². The van der Waals surface area contributed by atoms with E-state index < -0.39 is 10.1 Å². The number of hydrogen-bond acceptors (Lipinski definition) is 4. The van der Waals surface area contributed by atoms with Gasteiger partial charge in [-0.1, -0.05) is 41.0 Å². The maximum Gasteiger partial charge on any atom is 0.296 e. The van der Waals surface area contributed by atoms with Crippen molar-refractivity contribution in [2.75, 3.05) is 19.8 Å². The molecule has 0 amide bonds. The van der Waals surface area contributed by atoms with Crippen LogP contribution in [-0.4, -0.2) is 28.2 Å². The zero-order chi connectivity index (χ0) is 18.7. The topological polar surface area (TPSA) is 52.6 Å². The number of ether oxygens (including phenoxy) is 1. The van der Waals surface area contributed by atoms with Gasteiger partial charge in [-0.3, -0.25) is 4.18 Å². The quantitative estimate of drug-likeness (QED) is 0.321. The smallest absolute Gasteiger partial charge is 0.296 e. The molecule has 0 radical (unpaired) electrons. The van der Waals surface area contributed by atoms with Gasteiger partial charge in [-0.15, -0.1) is 0 Å². The van der Waals surface area contributed by atoms with Crippen molar-refractivity contribution in [3.05, 3.63) is 53.1 Å². The predicted molar refractivity (Wildman–Crippen MR) is 102 cm³/mol. The van der Waals surface area contributed by atoms with Crippen LogP contribution in [0, 0.1) is 6.92 Å². The van der Waals surface area contributed by atoms with Crippen molar-refractivity contribution in [2.24, 2.45) is 0 Å². The zero-order valence-corrected chi connectivity index (χ0v) is 16.6. The van der Waals surface area contributed by atoms with E-state index in [2.05, 4.69) is 32.9 Å². The molecule has 0 atom stereocenters. The fraction of sp³-hybridized carbons (Fsp3) is 0.500. The molecule has 0 bridgehead atoms. The molecule has 0 saturated heterocycles. The molecular weight excluding hydrogens is 336 g/mol. The highest BCUT2D eigenvalue weighted by Gasteiger charge is 2.14. The largest absolute Gasteiger partial charge is 0.377 e. The lowest BCUT2D eigenvalue weighted by molar-refractivity contribution is 0.144. The maximum absolute atomic E-state index is 12.0. The number of hydrogen-bond donors (Lipinski definition) is 0. The molecule has 0 unspecified atom stereocenters. The molecular formula is C20H30O4S. The van der Waals surface area contributed by atoms with Gasteiger partial charge in [0.25, 0.3) is 10.1 Å². The van der Waals surface area contributed by atoms with Crippen molar-refractivity contribution in [3.63, 3.8) is 0 Å². The lowest BCUT2D eigenvalue weighted by Gasteiger charge is -2.06. The fourth-order valence-electron chi connectivity index (χ4n) is 2.08. The molecule has 0 aliphatic rings. The molecule has 5 heteroatoms. The summed E-state index contributed by atoms with van der Waals surface area (Å²) in [6, 6.07) is 6.63. The molecule has 0 fully saturated rings. The molecule has 0 N–H and O–H groups in total. The first kappa shape index (κ1) is 21.6. The van der Waals surface area contributed by atoms with Gasteiger partial charge in [0.1, 0.15) is 0 Å². The Kier molecular flexibility index (Phi) is 9.71. The van der Waals surface area contributed by atoms with Crippen molar-refractivity contribution < 1.29 is 17.3 Å². The minimum absolute atomic E-state index is 0.124. The highest BCUT2D eigenvalue weighted by Crippen LogP contribution is 2.13. The molecule has 0 spiro atoms. The van der Waals surface area contributed by atoms with Gasteiger partial charge in [-0.2, -0.15) is 8.42 Å². The Hall–Kier alpha value is -1.43. The molecule has 4 nitrogen and oxygen atoms in total. The Morgan fingerprint density at radius 1 is 1.04 bits per heavy atom. The average molecular weight is 367 g/mol. The molecule has 25 heavy (non-hydrogen) atoms. The minimum atomic E-state index is -3.67. The van der Waals surface area contributed by atoms with E-state index in [4.69, 9.17) is 8.92 Å². The van der Waals surface area contributed by atoms with Crippen LogP contribution in [0.4, 0.5) is 0 Å². The van der Waals surface area contributed by atoms with Crippen molar-refractivity contribution in [2.45, 2.75) is 51.9 Å².